The molecule has 2 aromatic rings. The Balaban J connectivity index is 1.31. The van der Waals surface area contributed by atoms with Crippen LogP contribution in [0.2, 0.25) is 0 Å². The Hall–Kier alpha value is -2.88. The predicted molar refractivity (Wildman–Crippen MR) is 126 cm³/mol. The minimum Gasteiger partial charge on any atom is -0.366 e. The number of halogens is 2. The Morgan fingerprint density at radius 1 is 0.737 bits per heavy atom. The second kappa shape index (κ2) is 7.83. The Kier molecular flexibility index (Phi) is 4.75. The van der Waals surface area contributed by atoms with Gasteiger partial charge in [-0.15, -0.1) is 0 Å². The van der Waals surface area contributed by atoms with Crippen LogP contribution in [0.1, 0.15) is 35.4 Å². The highest BCUT2D eigenvalue weighted by Crippen LogP contribution is 2.64. The number of hydrogen-bond acceptors (Lipinski definition) is 12. The Morgan fingerprint density at radius 3 is 1.63 bits per heavy atom. The number of anilines is 2. The zero-order valence-corrected chi connectivity index (χ0v) is 20.1. The maximum Gasteiger partial charge on any atom is 0.167 e. The van der Waals surface area contributed by atoms with Crippen LogP contribution in [0.3, 0.4) is 0 Å². The Labute approximate surface area is 215 Å². The molecule has 2 aliphatic carbocycles. The zero-order chi connectivity index (χ0) is 25.8. The molecule has 2 aromatic heterocycles. The third-order valence-electron chi connectivity index (χ3n) is 8.49. The van der Waals surface area contributed by atoms with E-state index in [1.54, 1.807) is 0 Å². The van der Waals surface area contributed by atoms with E-state index in [1.165, 1.54) is 12.7 Å². The van der Waals surface area contributed by atoms with E-state index in [1.807, 2.05) is 12.2 Å². The molecule has 14 heteroatoms. The summed E-state index contributed by atoms with van der Waals surface area (Å²) in [6, 6.07) is 0. The lowest BCUT2D eigenvalue weighted by atomic mass is 9.90. The van der Waals surface area contributed by atoms with Crippen LogP contribution in [0.25, 0.3) is 0 Å². The summed E-state index contributed by atoms with van der Waals surface area (Å²) in [5.74, 6) is -0.569. The second-order valence-corrected chi connectivity index (χ2v) is 10.6. The molecule has 38 heavy (non-hydrogen) atoms. The molecule has 4 unspecified atom stereocenters. The van der Waals surface area contributed by atoms with Crippen molar-refractivity contribution in [2.24, 2.45) is 23.3 Å². The van der Waals surface area contributed by atoms with Gasteiger partial charge in [-0.3, -0.25) is 0 Å². The molecule has 0 saturated carbocycles. The number of nitrogens with two attached hydrogens (primary N) is 2. The third kappa shape index (κ3) is 3.03. The lowest BCUT2D eigenvalue weighted by Crippen LogP contribution is -2.41. The van der Waals surface area contributed by atoms with E-state index >= 15 is 8.78 Å². The van der Waals surface area contributed by atoms with Gasteiger partial charge in [0.15, 0.2) is 12.6 Å². The maximum atomic E-state index is 15.6. The number of ether oxygens (including phenoxy) is 4. The van der Waals surface area contributed by atoms with E-state index < -0.39 is 60.4 Å². The number of hydrogen-bond donors (Lipinski definition) is 4. The molecule has 0 aromatic carbocycles. The molecule has 6 N–H and O–H groups in total. The van der Waals surface area contributed by atoms with Crippen molar-refractivity contribution in [2.45, 2.75) is 61.4 Å². The fraction of sp³-hybridized carbons (Fsp3) is 0.583. The summed E-state index contributed by atoms with van der Waals surface area (Å²) < 4.78 is 56.1. The van der Waals surface area contributed by atoms with Crippen molar-refractivity contribution in [3.05, 3.63) is 47.3 Å². The maximum absolute atomic E-state index is 15.6. The topological polar surface area (TPSA) is 165 Å². The van der Waals surface area contributed by atoms with Crippen LogP contribution in [0.5, 0.6) is 0 Å². The normalized spacial score (nSPS) is 44.8. The minimum atomic E-state index is -1.55. The fourth-order valence-electron chi connectivity index (χ4n) is 6.57. The molecule has 3 fully saturated rings. The van der Waals surface area contributed by atoms with Crippen molar-refractivity contribution in [1.82, 2.24) is 19.9 Å². The lowest BCUT2D eigenvalue weighted by molar-refractivity contribution is -0.241. The molecule has 2 spiro atoms. The van der Waals surface area contributed by atoms with Gasteiger partial charge >= 0.3 is 0 Å². The molecule has 0 radical (unpaired) electrons. The van der Waals surface area contributed by atoms with Gasteiger partial charge in [0.05, 0.1) is 22.5 Å². The summed E-state index contributed by atoms with van der Waals surface area (Å²) >= 11 is 0. The van der Waals surface area contributed by atoms with Gasteiger partial charge in [-0.1, -0.05) is 12.2 Å². The van der Waals surface area contributed by atoms with Crippen molar-refractivity contribution in [2.75, 3.05) is 23.7 Å². The highest BCUT2D eigenvalue weighted by molar-refractivity contribution is 5.67. The summed E-state index contributed by atoms with van der Waals surface area (Å²) in [6.45, 7) is 0.948. The van der Waals surface area contributed by atoms with Crippen molar-refractivity contribution in [1.29, 1.82) is 0 Å². The second-order valence-electron chi connectivity index (χ2n) is 10.6. The third-order valence-corrected chi connectivity index (χ3v) is 8.49. The largest absolute Gasteiger partial charge is 0.366 e. The number of nitrogens with one attached hydrogen (secondary N) is 2. The summed E-state index contributed by atoms with van der Waals surface area (Å²) in [4.78, 5) is 17.7. The van der Waals surface area contributed by atoms with Gasteiger partial charge in [0.1, 0.15) is 60.3 Å². The monoisotopic (exact) mass is 528 g/mol. The van der Waals surface area contributed by atoms with Gasteiger partial charge in [0.25, 0.3) is 0 Å². The molecule has 6 heterocycles. The number of nitrogens with zero attached hydrogens (tertiary/aromatic N) is 4. The zero-order valence-electron chi connectivity index (χ0n) is 20.1. The number of rotatable bonds is 0. The van der Waals surface area contributed by atoms with Gasteiger partial charge < -0.3 is 41.0 Å². The van der Waals surface area contributed by atoms with Crippen molar-refractivity contribution >= 4 is 11.6 Å². The quantitative estimate of drug-likeness (QED) is 0.350. The van der Waals surface area contributed by atoms with Crippen molar-refractivity contribution in [3.8, 4) is 0 Å². The summed E-state index contributed by atoms with van der Waals surface area (Å²) in [5.41, 5.74) is 12.2. The summed E-state index contributed by atoms with van der Waals surface area (Å²) in [6.07, 6.45) is -0.739. The predicted octanol–water partition coefficient (Wildman–Crippen LogP) is 0.492. The lowest BCUT2D eigenvalue weighted by Gasteiger charge is -2.34. The Bertz CT molecular complexity index is 1250. The average Bonchev–Trinajstić information content (AvgIpc) is 3.68. The van der Waals surface area contributed by atoms with Gasteiger partial charge in [0, 0.05) is 24.9 Å². The number of alkyl halides is 2. The summed E-state index contributed by atoms with van der Waals surface area (Å²) in [7, 11) is 0. The Morgan fingerprint density at radius 2 is 1.18 bits per heavy atom. The number of fused-ring (bicyclic) bond motifs is 1. The average molecular weight is 529 g/mol. The van der Waals surface area contributed by atoms with Crippen molar-refractivity contribution in [3.63, 3.8) is 0 Å². The standard InChI is InChI=1S/C24H26F2N8O4/c25-13-9-5-23-11-15(23)31-7-33-19(11)29-3-1-2-4-30-20-12-16(32-8-34-20)24(12,38-22(9)36-17(13)27)6-10-14(26)18(28)35-21(10)37-23/h1-2,7-10,13-14,17-18,21-22H,3-6,27-28H2,(H,29,31,33)(H,30,32,34)/b2-1+/t9-,10-,13+,14+,17+,18+,21?,22?,23?,24?/m0/s1. The first-order valence-corrected chi connectivity index (χ1v) is 12.7. The first-order chi connectivity index (χ1) is 18.4. The molecule has 4 aliphatic heterocycles. The van der Waals surface area contributed by atoms with Crippen LogP contribution in [0, 0.1) is 11.8 Å². The van der Waals surface area contributed by atoms with Gasteiger partial charge in [-0.25, -0.2) is 28.7 Å². The van der Waals surface area contributed by atoms with Gasteiger partial charge in [0.2, 0.25) is 0 Å². The molecule has 3 saturated heterocycles. The molecular formula is C24H26F2N8O4. The molecule has 2 bridgehead atoms. The molecule has 0 amide bonds. The highest BCUT2D eigenvalue weighted by Gasteiger charge is 2.69. The SMILES string of the molecule is N[C@@H]1OC2OC34C[C@@H]5C(O[C@@H](N)[C@@H]5F)OC5(C[C@H]2[C@H]1F)c1ncnc(c15)NC/C=C/CNc1ncnc3c14. The van der Waals surface area contributed by atoms with E-state index in [2.05, 4.69) is 30.6 Å². The molecule has 12 nitrogen and oxygen atoms in total. The first-order valence-electron chi connectivity index (χ1n) is 12.7. The van der Waals surface area contributed by atoms with Crippen molar-refractivity contribution < 1.29 is 27.7 Å². The number of aromatic nitrogens is 4. The molecule has 8 rings (SSSR count). The van der Waals surface area contributed by atoms with E-state index in [9.17, 15) is 0 Å². The van der Waals surface area contributed by atoms with E-state index in [-0.39, 0.29) is 12.8 Å². The molecule has 200 valence electrons. The van der Waals surface area contributed by atoms with Gasteiger partial charge in [-0.05, 0) is 12.8 Å². The van der Waals surface area contributed by atoms with E-state index in [0.717, 1.165) is 0 Å². The molecular weight excluding hydrogens is 502 g/mol. The minimum absolute atomic E-state index is 0.0764. The van der Waals surface area contributed by atoms with Crippen LogP contribution in [-0.4, -0.2) is 70.4 Å². The van der Waals surface area contributed by atoms with Crippen LogP contribution in [0.4, 0.5) is 20.4 Å². The van der Waals surface area contributed by atoms with Crippen LogP contribution < -0.4 is 22.1 Å². The van der Waals surface area contributed by atoms with E-state index in [4.69, 9.17) is 30.4 Å². The van der Waals surface area contributed by atoms with Crippen LogP contribution in [0.15, 0.2) is 24.8 Å². The molecule has 10 atom stereocenters. The molecule has 6 aliphatic rings. The first kappa shape index (κ1) is 23.0. The van der Waals surface area contributed by atoms with Crippen LogP contribution in [-0.2, 0) is 30.1 Å². The summed E-state index contributed by atoms with van der Waals surface area (Å²) in [5, 5.41) is 6.55. The van der Waals surface area contributed by atoms with Gasteiger partial charge in [-0.2, -0.15) is 0 Å². The van der Waals surface area contributed by atoms with E-state index in [0.29, 0.717) is 47.2 Å². The fourth-order valence-corrected chi connectivity index (χ4v) is 6.57. The highest BCUT2D eigenvalue weighted by atomic mass is 19.1. The van der Waals surface area contributed by atoms with Crippen LogP contribution >= 0.6 is 0 Å². The smallest absolute Gasteiger partial charge is 0.167 e.